The average Bonchev–Trinajstić information content (AvgIpc) is 3.11. The summed E-state index contributed by atoms with van der Waals surface area (Å²) in [5.74, 6) is 1.32. The summed E-state index contributed by atoms with van der Waals surface area (Å²) in [7, 11) is 1.62. The second kappa shape index (κ2) is 8.68. The number of nitrogens with zero attached hydrogens (tertiary/aromatic N) is 1. The molecule has 0 aliphatic rings. The number of rotatable bonds is 7. The first-order valence-electron chi connectivity index (χ1n) is 8.64. The van der Waals surface area contributed by atoms with Gasteiger partial charge in [0.05, 0.1) is 23.9 Å². The highest BCUT2D eigenvalue weighted by atomic mass is 32.1. The van der Waals surface area contributed by atoms with Crippen LogP contribution >= 0.6 is 11.3 Å². The van der Waals surface area contributed by atoms with Crippen molar-refractivity contribution in [1.29, 1.82) is 0 Å². The molecule has 0 radical (unpaired) electrons. The largest absolute Gasteiger partial charge is 0.496 e. The number of methoxy groups -OCH3 is 1. The van der Waals surface area contributed by atoms with Crippen molar-refractivity contribution < 1.29 is 14.3 Å². The molecule has 3 rings (SSSR count). The summed E-state index contributed by atoms with van der Waals surface area (Å²) in [6.45, 7) is 4.32. The van der Waals surface area contributed by atoms with Crippen molar-refractivity contribution in [3.8, 4) is 11.5 Å². The highest BCUT2D eigenvalue weighted by Crippen LogP contribution is 2.24. The first-order chi connectivity index (χ1) is 13.1. The number of carbonyl (C=O) groups excluding carboxylic acids is 1. The topological polar surface area (TPSA) is 60.5 Å². The van der Waals surface area contributed by atoms with E-state index in [1.165, 1.54) is 0 Å². The average molecular weight is 382 g/mol. The van der Waals surface area contributed by atoms with Gasteiger partial charge in [-0.05, 0) is 44.2 Å². The molecule has 1 heterocycles. The maximum Gasteiger partial charge on any atom is 0.251 e. The maximum atomic E-state index is 12.5. The number of hydrogen-bond donors (Lipinski definition) is 1. The van der Waals surface area contributed by atoms with Gasteiger partial charge < -0.3 is 14.8 Å². The Morgan fingerprint density at radius 3 is 2.59 bits per heavy atom. The van der Waals surface area contributed by atoms with Crippen molar-refractivity contribution in [2.45, 2.75) is 26.5 Å². The molecule has 0 unspecified atom stereocenters. The predicted molar refractivity (Wildman–Crippen MR) is 107 cm³/mol. The summed E-state index contributed by atoms with van der Waals surface area (Å²) in [4.78, 5) is 16.9. The van der Waals surface area contributed by atoms with Gasteiger partial charge in [-0.15, -0.1) is 11.3 Å². The van der Waals surface area contributed by atoms with Gasteiger partial charge in [-0.25, -0.2) is 4.98 Å². The maximum absolute atomic E-state index is 12.5. The zero-order chi connectivity index (χ0) is 19.2. The van der Waals surface area contributed by atoms with Gasteiger partial charge in [-0.2, -0.15) is 0 Å². The van der Waals surface area contributed by atoms with Crippen LogP contribution in [0.5, 0.6) is 11.5 Å². The van der Waals surface area contributed by atoms with Crippen LogP contribution in [0.15, 0.2) is 53.9 Å². The Kier molecular flexibility index (Phi) is 6.08. The Morgan fingerprint density at radius 2 is 1.93 bits per heavy atom. The molecule has 0 saturated heterocycles. The number of amides is 1. The number of nitrogens with one attached hydrogen (secondary N) is 1. The van der Waals surface area contributed by atoms with Crippen molar-refractivity contribution in [2.24, 2.45) is 0 Å². The molecule has 3 aromatic rings. The number of aryl methyl sites for hydroxylation is 1. The van der Waals surface area contributed by atoms with Gasteiger partial charge in [0.1, 0.15) is 18.1 Å². The summed E-state index contributed by atoms with van der Waals surface area (Å²) < 4.78 is 11.1. The quantitative estimate of drug-likeness (QED) is 0.652. The van der Waals surface area contributed by atoms with E-state index in [9.17, 15) is 4.79 Å². The van der Waals surface area contributed by atoms with Crippen LogP contribution in [0.1, 0.15) is 39.6 Å². The first-order valence-corrected chi connectivity index (χ1v) is 9.52. The van der Waals surface area contributed by atoms with Crippen LogP contribution in [0.4, 0.5) is 0 Å². The molecular formula is C21H22N2O3S. The molecule has 27 heavy (non-hydrogen) atoms. The van der Waals surface area contributed by atoms with Crippen LogP contribution in [-0.2, 0) is 6.61 Å². The van der Waals surface area contributed by atoms with E-state index in [1.807, 2.05) is 43.5 Å². The first kappa shape index (κ1) is 18.9. The molecule has 0 aliphatic heterocycles. The normalized spacial score (nSPS) is 11.7. The fourth-order valence-electron chi connectivity index (χ4n) is 2.72. The minimum Gasteiger partial charge on any atom is -0.496 e. The van der Waals surface area contributed by atoms with E-state index in [0.717, 1.165) is 22.0 Å². The fraction of sp³-hybridized carbons (Fsp3) is 0.238. The van der Waals surface area contributed by atoms with E-state index in [2.05, 4.69) is 10.3 Å². The molecule has 140 valence electrons. The number of carbonyl (C=O) groups is 1. The van der Waals surface area contributed by atoms with Crippen LogP contribution < -0.4 is 14.8 Å². The molecule has 0 saturated carbocycles. The van der Waals surface area contributed by atoms with Crippen molar-refractivity contribution in [3.63, 3.8) is 0 Å². The minimum absolute atomic E-state index is 0.143. The molecule has 6 heteroatoms. The van der Waals surface area contributed by atoms with Crippen molar-refractivity contribution >= 4 is 17.2 Å². The second-order valence-corrected chi connectivity index (χ2v) is 7.17. The number of hydrogen-bond acceptors (Lipinski definition) is 5. The molecule has 1 N–H and O–H groups in total. The number of para-hydroxylation sites is 1. The molecule has 2 aromatic carbocycles. The smallest absolute Gasteiger partial charge is 0.251 e. The molecular weight excluding hydrogens is 360 g/mol. The van der Waals surface area contributed by atoms with Gasteiger partial charge in [0.2, 0.25) is 0 Å². The zero-order valence-electron chi connectivity index (χ0n) is 15.6. The monoisotopic (exact) mass is 382 g/mol. The molecule has 0 spiro atoms. The Bertz CT molecular complexity index is 906. The number of aromatic nitrogens is 1. The van der Waals surface area contributed by atoms with Crippen molar-refractivity contribution in [2.75, 3.05) is 7.11 Å². The zero-order valence-corrected chi connectivity index (χ0v) is 16.4. The van der Waals surface area contributed by atoms with E-state index in [0.29, 0.717) is 17.9 Å². The standard InChI is InChI=1S/C21H22N2O3S/c1-14(19-6-4-5-7-20(19)25-3)22-21(24)16-8-10-18(11-9-16)26-12-17-13-27-15(2)23-17/h4-11,13-14H,12H2,1-3H3,(H,22,24)/t14-/m0/s1. The van der Waals surface area contributed by atoms with Gasteiger partial charge in [-0.1, -0.05) is 18.2 Å². The van der Waals surface area contributed by atoms with E-state index >= 15 is 0 Å². The third-order valence-corrected chi connectivity index (χ3v) is 4.95. The van der Waals surface area contributed by atoms with Gasteiger partial charge in [-0.3, -0.25) is 4.79 Å². The Labute approximate surface area is 163 Å². The van der Waals surface area contributed by atoms with E-state index < -0.39 is 0 Å². The number of ether oxygens (including phenoxy) is 2. The molecule has 1 atom stereocenters. The van der Waals surface area contributed by atoms with Crippen molar-refractivity contribution in [1.82, 2.24) is 10.3 Å². The Morgan fingerprint density at radius 1 is 1.19 bits per heavy atom. The van der Waals surface area contributed by atoms with Gasteiger partial charge in [0.15, 0.2) is 0 Å². The van der Waals surface area contributed by atoms with Crippen LogP contribution in [-0.4, -0.2) is 18.0 Å². The summed E-state index contributed by atoms with van der Waals surface area (Å²) in [6, 6.07) is 14.6. The van der Waals surface area contributed by atoms with Crippen LogP contribution in [0.2, 0.25) is 0 Å². The molecule has 0 fully saturated rings. The lowest BCUT2D eigenvalue weighted by molar-refractivity contribution is 0.0939. The summed E-state index contributed by atoms with van der Waals surface area (Å²) in [6.07, 6.45) is 0. The van der Waals surface area contributed by atoms with Crippen LogP contribution in [0.25, 0.3) is 0 Å². The number of thiazole rings is 1. The van der Waals surface area contributed by atoms with E-state index in [4.69, 9.17) is 9.47 Å². The Hall–Kier alpha value is -2.86. The predicted octanol–water partition coefficient (Wildman–Crippen LogP) is 4.53. The third kappa shape index (κ3) is 4.86. The van der Waals surface area contributed by atoms with Gasteiger partial charge in [0.25, 0.3) is 5.91 Å². The Balaban J connectivity index is 1.60. The molecule has 5 nitrogen and oxygen atoms in total. The highest BCUT2D eigenvalue weighted by molar-refractivity contribution is 7.09. The van der Waals surface area contributed by atoms with Crippen LogP contribution in [0.3, 0.4) is 0 Å². The summed E-state index contributed by atoms with van der Waals surface area (Å²) in [5.41, 5.74) is 2.42. The highest BCUT2D eigenvalue weighted by Gasteiger charge is 2.14. The number of benzene rings is 2. The third-order valence-electron chi connectivity index (χ3n) is 4.12. The molecule has 1 aromatic heterocycles. The lowest BCUT2D eigenvalue weighted by Gasteiger charge is -2.17. The lowest BCUT2D eigenvalue weighted by Crippen LogP contribution is -2.26. The minimum atomic E-state index is -0.169. The van der Waals surface area contributed by atoms with Crippen molar-refractivity contribution in [3.05, 3.63) is 75.7 Å². The summed E-state index contributed by atoms with van der Waals surface area (Å²) >= 11 is 1.60. The molecule has 0 bridgehead atoms. The van der Waals surface area contributed by atoms with E-state index in [-0.39, 0.29) is 11.9 Å². The van der Waals surface area contributed by atoms with Crippen LogP contribution in [0, 0.1) is 6.92 Å². The van der Waals surface area contributed by atoms with Gasteiger partial charge >= 0.3 is 0 Å². The molecule has 1 amide bonds. The fourth-order valence-corrected chi connectivity index (χ4v) is 3.31. The lowest BCUT2D eigenvalue weighted by atomic mass is 10.1. The molecule has 0 aliphatic carbocycles. The van der Waals surface area contributed by atoms with E-state index in [1.54, 1.807) is 42.7 Å². The van der Waals surface area contributed by atoms with Gasteiger partial charge in [0, 0.05) is 16.5 Å². The summed E-state index contributed by atoms with van der Waals surface area (Å²) in [5, 5.41) is 6.00. The SMILES string of the molecule is COc1ccccc1[C@H](C)NC(=O)c1ccc(OCc2csc(C)n2)cc1. The second-order valence-electron chi connectivity index (χ2n) is 6.11.